The highest BCUT2D eigenvalue weighted by Crippen LogP contribution is 2.37. The molecule has 0 bridgehead atoms. The number of nitrogen functional groups attached to an aromatic ring is 1. The van der Waals surface area contributed by atoms with Gasteiger partial charge in [0.15, 0.2) is 0 Å². The molecule has 0 saturated heterocycles. The predicted molar refractivity (Wildman–Crippen MR) is 108 cm³/mol. The summed E-state index contributed by atoms with van der Waals surface area (Å²) in [6, 6.07) is 12.6. The molecule has 0 spiro atoms. The summed E-state index contributed by atoms with van der Waals surface area (Å²) in [6.45, 7) is 7.50. The molecule has 2 N–H and O–H groups in total. The molecule has 1 aliphatic carbocycles. The third kappa shape index (κ3) is 4.51. The van der Waals surface area contributed by atoms with E-state index in [-0.39, 0.29) is 0 Å². The summed E-state index contributed by atoms with van der Waals surface area (Å²) in [4.78, 5) is 0. The largest absolute Gasteiger partial charge is 0.497 e. The molecule has 0 saturated carbocycles. The predicted octanol–water partition coefficient (Wildman–Crippen LogP) is 5.36. The van der Waals surface area contributed by atoms with E-state index in [1.807, 2.05) is 12.1 Å². The Balaban J connectivity index is 1.68. The summed E-state index contributed by atoms with van der Waals surface area (Å²) < 4.78 is 11.2. The Morgan fingerprint density at radius 1 is 1.04 bits per heavy atom. The Labute approximate surface area is 157 Å². The molecule has 0 fully saturated rings. The number of methoxy groups -OCH3 is 1. The first-order valence-electron chi connectivity index (χ1n) is 9.54. The van der Waals surface area contributed by atoms with Gasteiger partial charge in [0.05, 0.1) is 13.7 Å². The Bertz CT molecular complexity index is 761. The van der Waals surface area contributed by atoms with Crippen LogP contribution in [-0.4, -0.2) is 13.7 Å². The maximum Gasteiger partial charge on any atom is 0.120 e. The van der Waals surface area contributed by atoms with Crippen LogP contribution < -0.4 is 15.2 Å². The Morgan fingerprint density at radius 3 is 2.50 bits per heavy atom. The van der Waals surface area contributed by atoms with Crippen LogP contribution >= 0.6 is 0 Å². The van der Waals surface area contributed by atoms with Gasteiger partial charge >= 0.3 is 0 Å². The molecule has 0 heterocycles. The van der Waals surface area contributed by atoms with Crippen molar-refractivity contribution in [2.75, 3.05) is 19.5 Å². The second-order valence-corrected chi connectivity index (χ2v) is 8.52. The van der Waals surface area contributed by atoms with Crippen LogP contribution in [0.15, 0.2) is 36.4 Å². The summed E-state index contributed by atoms with van der Waals surface area (Å²) in [5, 5.41) is 0. The lowest BCUT2D eigenvalue weighted by Crippen LogP contribution is -2.15. The molecule has 2 aromatic carbocycles. The van der Waals surface area contributed by atoms with Gasteiger partial charge in [0.1, 0.15) is 11.5 Å². The molecule has 3 rings (SSSR count). The fourth-order valence-corrected chi connectivity index (χ4v) is 3.61. The van der Waals surface area contributed by atoms with Crippen molar-refractivity contribution < 1.29 is 9.47 Å². The van der Waals surface area contributed by atoms with Crippen LogP contribution in [0.3, 0.4) is 0 Å². The second kappa shape index (κ2) is 7.61. The maximum absolute atomic E-state index is 6.26. The van der Waals surface area contributed by atoms with Crippen molar-refractivity contribution in [3.63, 3.8) is 0 Å². The van der Waals surface area contributed by atoms with E-state index in [0.29, 0.717) is 11.3 Å². The molecule has 1 unspecified atom stereocenters. The van der Waals surface area contributed by atoms with Gasteiger partial charge in [0.2, 0.25) is 0 Å². The smallest absolute Gasteiger partial charge is 0.120 e. The third-order valence-corrected chi connectivity index (χ3v) is 5.26. The van der Waals surface area contributed by atoms with Crippen LogP contribution in [0.5, 0.6) is 11.5 Å². The SMILES string of the molecule is COc1ccc(C2CCc3cc(OCCC(C)(C)C)ccc3C2)c(N)c1. The monoisotopic (exact) mass is 353 g/mol. The van der Waals surface area contributed by atoms with E-state index in [1.54, 1.807) is 7.11 Å². The van der Waals surface area contributed by atoms with Gasteiger partial charge in [-0.2, -0.15) is 0 Å². The van der Waals surface area contributed by atoms with Crippen LogP contribution in [0.2, 0.25) is 0 Å². The van der Waals surface area contributed by atoms with Gasteiger partial charge in [-0.05, 0) is 71.9 Å². The van der Waals surface area contributed by atoms with Gasteiger partial charge in [-0.15, -0.1) is 0 Å². The number of hydrogen-bond acceptors (Lipinski definition) is 3. The number of benzene rings is 2. The standard InChI is InChI=1S/C23H31NO2/c1-23(2,3)11-12-26-20-8-7-16-13-18(6-5-17(16)14-20)21-10-9-19(25-4)15-22(21)24/h7-10,14-15,18H,5-6,11-13,24H2,1-4H3. The summed E-state index contributed by atoms with van der Waals surface area (Å²) in [5.41, 5.74) is 11.5. The van der Waals surface area contributed by atoms with E-state index >= 15 is 0 Å². The van der Waals surface area contributed by atoms with Crippen LogP contribution in [0, 0.1) is 5.41 Å². The molecule has 0 amide bonds. The molecule has 0 aromatic heterocycles. The first-order valence-corrected chi connectivity index (χ1v) is 9.54. The molecule has 1 atom stereocenters. The lowest BCUT2D eigenvalue weighted by atomic mass is 9.79. The average molecular weight is 354 g/mol. The minimum absolute atomic E-state index is 0.305. The van der Waals surface area contributed by atoms with Crippen LogP contribution in [0.25, 0.3) is 0 Å². The zero-order valence-corrected chi connectivity index (χ0v) is 16.5. The molecule has 1 aliphatic rings. The van der Waals surface area contributed by atoms with Gasteiger partial charge in [0, 0.05) is 11.8 Å². The highest BCUT2D eigenvalue weighted by atomic mass is 16.5. The molecule has 140 valence electrons. The zero-order chi connectivity index (χ0) is 18.7. The van der Waals surface area contributed by atoms with Gasteiger partial charge in [-0.1, -0.05) is 32.9 Å². The fourth-order valence-electron chi connectivity index (χ4n) is 3.61. The van der Waals surface area contributed by atoms with Crippen LogP contribution in [-0.2, 0) is 12.8 Å². The lowest BCUT2D eigenvalue weighted by Gasteiger charge is -2.27. The van der Waals surface area contributed by atoms with Gasteiger partial charge in [-0.3, -0.25) is 0 Å². The molecular formula is C23H31NO2. The molecule has 2 aromatic rings. The number of anilines is 1. The van der Waals surface area contributed by atoms with E-state index in [2.05, 4.69) is 45.0 Å². The van der Waals surface area contributed by atoms with Gasteiger partial charge < -0.3 is 15.2 Å². The summed E-state index contributed by atoms with van der Waals surface area (Å²) in [6.07, 6.45) is 4.29. The van der Waals surface area contributed by atoms with Crippen molar-refractivity contribution in [1.29, 1.82) is 0 Å². The Morgan fingerprint density at radius 2 is 1.81 bits per heavy atom. The fraction of sp³-hybridized carbons (Fsp3) is 0.478. The topological polar surface area (TPSA) is 44.5 Å². The Kier molecular flexibility index (Phi) is 5.45. The van der Waals surface area contributed by atoms with E-state index in [4.69, 9.17) is 15.2 Å². The quantitative estimate of drug-likeness (QED) is 0.736. The second-order valence-electron chi connectivity index (χ2n) is 8.52. The first-order chi connectivity index (χ1) is 12.4. The number of hydrogen-bond donors (Lipinski definition) is 1. The van der Waals surface area contributed by atoms with Crippen molar-refractivity contribution in [2.24, 2.45) is 5.41 Å². The summed E-state index contributed by atoms with van der Waals surface area (Å²) in [5.74, 6) is 2.29. The first kappa shape index (κ1) is 18.6. The number of ether oxygens (including phenoxy) is 2. The van der Waals surface area contributed by atoms with E-state index in [0.717, 1.165) is 49.5 Å². The molecule has 3 heteroatoms. The molecule has 0 aliphatic heterocycles. The van der Waals surface area contributed by atoms with Gasteiger partial charge in [-0.25, -0.2) is 0 Å². The minimum atomic E-state index is 0.305. The minimum Gasteiger partial charge on any atom is -0.497 e. The lowest BCUT2D eigenvalue weighted by molar-refractivity contribution is 0.242. The van der Waals surface area contributed by atoms with E-state index in [1.165, 1.54) is 16.7 Å². The zero-order valence-electron chi connectivity index (χ0n) is 16.5. The number of nitrogens with two attached hydrogens (primary N) is 1. The summed E-state index contributed by atoms with van der Waals surface area (Å²) in [7, 11) is 1.67. The van der Waals surface area contributed by atoms with Crippen molar-refractivity contribution in [2.45, 2.75) is 52.4 Å². The number of rotatable bonds is 5. The van der Waals surface area contributed by atoms with Crippen molar-refractivity contribution in [1.82, 2.24) is 0 Å². The maximum atomic E-state index is 6.26. The van der Waals surface area contributed by atoms with Gasteiger partial charge in [0.25, 0.3) is 0 Å². The molecule has 0 radical (unpaired) electrons. The molecular weight excluding hydrogens is 322 g/mol. The van der Waals surface area contributed by atoms with Crippen molar-refractivity contribution in [3.05, 3.63) is 53.1 Å². The summed E-state index contributed by atoms with van der Waals surface area (Å²) >= 11 is 0. The third-order valence-electron chi connectivity index (χ3n) is 5.26. The Hall–Kier alpha value is -2.16. The van der Waals surface area contributed by atoms with Crippen molar-refractivity contribution in [3.8, 4) is 11.5 Å². The van der Waals surface area contributed by atoms with Crippen LogP contribution in [0.1, 0.15) is 56.2 Å². The van der Waals surface area contributed by atoms with Crippen LogP contribution in [0.4, 0.5) is 5.69 Å². The highest BCUT2D eigenvalue weighted by Gasteiger charge is 2.22. The highest BCUT2D eigenvalue weighted by molar-refractivity contribution is 5.54. The number of fused-ring (bicyclic) bond motifs is 1. The van der Waals surface area contributed by atoms with E-state index in [9.17, 15) is 0 Å². The molecule has 3 nitrogen and oxygen atoms in total. The average Bonchev–Trinajstić information content (AvgIpc) is 2.60. The number of aryl methyl sites for hydroxylation is 1. The van der Waals surface area contributed by atoms with Crippen molar-refractivity contribution >= 4 is 5.69 Å². The normalized spacial score (nSPS) is 16.8. The van der Waals surface area contributed by atoms with E-state index < -0.39 is 0 Å². The molecule has 26 heavy (non-hydrogen) atoms.